The number of carbonyl (C=O) groups is 1. The number of nitrogens with zero attached hydrogens (tertiary/aromatic N) is 1. The van der Waals surface area contributed by atoms with Gasteiger partial charge in [0.25, 0.3) is 5.91 Å². The summed E-state index contributed by atoms with van der Waals surface area (Å²) in [5, 5.41) is 6.67. The van der Waals surface area contributed by atoms with Crippen molar-refractivity contribution in [2.24, 2.45) is 0 Å². The molecule has 1 saturated carbocycles. The van der Waals surface area contributed by atoms with Gasteiger partial charge in [-0.1, -0.05) is 11.3 Å². The molecule has 0 spiro atoms. The second-order valence-corrected chi connectivity index (χ2v) is 5.26. The predicted molar refractivity (Wildman–Crippen MR) is 72.0 cm³/mol. The van der Waals surface area contributed by atoms with Crippen LogP contribution in [0.5, 0.6) is 0 Å². The highest BCUT2D eigenvalue weighted by atomic mass is 32.1. The highest BCUT2D eigenvalue weighted by Gasteiger charge is 2.31. The number of nitrogens with two attached hydrogens (primary N) is 1. The number of hydrogen-bond acceptors (Lipinski definition) is 6. The van der Waals surface area contributed by atoms with Crippen LogP contribution in [0, 0.1) is 0 Å². The summed E-state index contributed by atoms with van der Waals surface area (Å²) < 4.78 is 5.17. The third-order valence-electron chi connectivity index (χ3n) is 2.95. The fourth-order valence-corrected chi connectivity index (χ4v) is 2.70. The number of anilines is 2. The Bertz CT molecular complexity index is 429. The molecule has 1 fully saturated rings. The maximum atomic E-state index is 12.0. The Kier molecular flexibility index (Phi) is 4.03. The van der Waals surface area contributed by atoms with Crippen molar-refractivity contribution in [2.45, 2.75) is 31.9 Å². The topological polar surface area (TPSA) is 89.3 Å². The number of rotatable bonds is 5. The summed E-state index contributed by atoms with van der Waals surface area (Å²) in [5.74, 6) is 0.143. The van der Waals surface area contributed by atoms with Gasteiger partial charge in [0.15, 0.2) is 5.13 Å². The van der Waals surface area contributed by atoms with Gasteiger partial charge in [-0.25, -0.2) is 4.98 Å². The van der Waals surface area contributed by atoms with Crippen LogP contribution < -0.4 is 16.4 Å². The smallest absolute Gasteiger partial charge is 0.265 e. The summed E-state index contributed by atoms with van der Waals surface area (Å²) in [7, 11) is 1.69. The van der Waals surface area contributed by atoms with E-state index in [0.29, 0.717) is 10.0 Å². The molecule has 4 N–H and O–H groups in total. The van der Waals surface area contributed by atoms with Gasteiger partial charge in [-0.3, -0.25) is 4.79 Å². The van der Waals surface area contributed by atoms with Crippen LogP contribution in [0.3, 0.4) is 0 Å². The molecule has 1 amide bonds. The molecule has 1 aromatic heterocycles. The van der Waals surface area contributed by atoms with Crippen molar-refractivity contribution in [1.29, 1.82) is 0 Å². The van der Waals surface area contributed by atoms with Crippen molar-refractivity contribution in [3.05, 3.63) is 4.88 Å². The van der Waals surface area contributed by atoms with Gasteiger partial charge in [0.05, 0.1) is 6.10 Å². The highest BCUT2D eigenvalue weighted by Crippen LogP contribution is 2.27. The first-order chi connectivity index (χ1) is 8.63. The SMILES string of the molecule is CCNc1nc(N)c(C(=O)NC2CC(OC)C2)s1. The Hall–Kier alpha value is -1.34. The largest absolute Gasteiger partial charge is 0.382 e. The summed E-state index contributed by atoms with van der Waals surface area (Å²) in [6.45, 7) is 2.72. The summed E-state index contributed by atoms with van der Waals surface area (Å²) in [4.78, 5) is 16.6. The minimum Gasteiger partial charge on any atom is -0.382 e. The lowest BCUT2D eigenvalue weighted by atomic mass is 9.89. The molecule has 18 heavy (non-hydrogen) atoms. The van der Waals surface area contributed by atoms with Crippen LogP contribution in [0.15, 0.2) is 0 Å². The fourth-order valence-electron chi connectivity index (χ4n) is 1.85. The van der Waals surface area contributed by atoms with E-state index < -0.39 is 0 Å². The first-order valence-corrected chi connectivity index (χ1v) is 6.79. The lowest BCUT2D eigenvalue weighted by molar-refractivity contribution is 0.0177. The number of nitrogen functional groups attached to an aromatic ring is 1. The van der Waals surface area contributed by atoms with E-state index >= 15 is 0 Å². The summed E-state index contributed by atoms with van der Waals surface area (Å²) in [6, 6.07) is 0.187. The van der Waals surface area contributed by atoms with Crippen molar-refractivity contribution in [3.8, 4) is 0 Å². The number of amides is 1. The Labute approximate surface area is 110 Å². The molecule has 2 rings (SSSR count). The number of ether oxygens (including phenoxy) is 1. The van der Waals surface area contributed by atoms with Crippen LogP contribution in [0.4, 0.5) is 10.9 Å². The van der Waals surface area contributed by atoms with E-state index in [4.69, 9.17) is 10.5 Å². The molecule has 1 aromatic rings. The molecule has 0 radical (unpaired) electrons. The second kappa shape index (κ2) is 5.53. The standard InChI is InChI=1S/C11H18N4O2S/c1-3-13-11-15-9(12)8(18-11)10(16)14-6-4-7(5-6)17-2/h6-7H,3-5,12H2,1-2H3,(H,13,15)(H,14,16). The highest BCUT2D eigenvalue weighted by molar-refractivity contribution is 7.18. The predicted octanol–water partition coefficient (Wildman–Crippen LogP) is 1.06. The monoisotopic (exact) mass is 270 g/mol. The number of thiazole rings is 1. The second-order valence-electron chi connectivity index (χ2n) is 4.26. The number of hydrogen-bond donors (Lipinski definition) is 3. The molecule has 6 nitrogen and oxygen atoms in total. The zero-order chi connectivity index (χ0) is 13.1. The molecule has 1 heterocycles. The molecule has 7 heteroatoms. The Morgan fingerprint density at radius 3 is 2.94 bits per heavy atom. The van der Waals surface area contributed by atoms with Crippen molar-refractivity contribution < 1.29 is 9.53 Å². The first-order valence-electron chi connectivity index (χ1n) is 5.97. The molecule has 0 unspecified atom stereocenters. The molecular formula is C11H18N4O2S. The van der Waals surface area contributed by atoms with E-state index in [-0.39, 0.29) is 23.9 Å². The minimum atomic E-state index is -0.145. The van der Waals surface area contributed by atoms with E-state index in [1.54, 1.807) is 7.11 Å². The molecule has 100 valence electrons. The fraction of sp³-hybridized carbons (Fsp3) is 0.636. The Balaban J connectivity index is 1.92. The summed E-state index contributed by atoms with van der Waals surface area (Å²) in [6.07, 6.45) is 1.99. The summed E-state index contributed by atoms with van der Waals surface area (Å²) >= 11 is 1.28. The minimum absolute atomic E-state index is 0.145. The van der Waals surface area contributed by atoms with E-state index in [0.717, 1.165) is 19.4 Å². The van der Waals surface area contributed by atoms with Crippen LogP contribution in [-0.4, -0.2) is 36.7 Å². The van der Waals surface area contributed by atoms with Gasteiger partial charge >= 0.3 is 0 Å². The molecule has 0 atom stereocenters. The van der Waals surface area contributed by atoms with Gasteiger partial charge in [0.1, 0.15) is 10.7 Å². The van der Waals surface area contributed by atoms with Gasteiger partial charge in [0, 0.05) is 19.7 Å². The van der Waals surface area contributed by atoms with Crippen molar-refractivity contribution in [3.63, 3.8) is 0 Å². The van der Waals surface area contributed by atoms with E-state index in [1.807, 2.05) is 6.92 Å². The average Bonchev–Trinajstić information content (AvgIpc) is 2.64. The van der Waals surface area contributed by atoms with E-state index in [1.165, 1.54) is 11.3 Å². The number of aromatic nitrogens is 1. The maximum absolute atomic E-state index is 12.0. The van der Waals surface area contributed by atoms with Gasteiger partial charge in [-0.05, 0) is 19.8 Å². The zero-order valence-electron chi connectivity index (χ0n) is 10.5. The van der Waals surface area contributed by atoms with E-state index in [9.17, 15) is 4.79 Å². The first kappa shape index (κ1) is 13.1. The lowest BCUT2D eigenvalue weighted by Gasteiger charge is -2.34. The van der Waals surface area contributed by atoms with Crippen molar-refractivity contribution in [1.82, 2.24) is 10.3 Å². The Morgan fingerprint density at radius 1 is 1.61 bits per heavy atom. The molecule has 0 aliphatic heterocycles. The van der Waals surface area contributed by atoms with Crippen LogP contribution >= 0.6 is 11.3 Å². The quantitative estimate of drug-likeness (QED) is 0.744. The summed E-state index contributed by atoms with van der Waals surface area (Å²) in [5.41, 5.74) is 5.74. The Morgan fingerprint density at radius 2 is 2.33 bits per heavy atom. The number of methoxy groups -OCH3 is 1. The molecule has 1 aliphatic rings. The van der Waals surface area contributed by atoms with Crippen LogP contribution in [0.25, 0.3) is 0 Å². The molecule has 0 saturated heterocycles. The number of nitrogens with one attached hydrogen (secondary N) is 2. The van der Waals surface area contributed by atoms with Gasteiger partial charge < -0.3 is 21.1 Å². The van der Waals surface area contributed by atoms with E-state index in [2.05, 4.69) is 15.6 Å². The average molecular weight is 270 g/mol. The van der Waals surface area contributed by atoms with Gasteiger partial charge in [-0.2, -0.15) is 0 Å². The zero-order valence-corrected chi connectivity index (χ0v) is 11.3. The van der Waals surface area contributed by atoms with Gasteiger partial charge in [0.2, 0.25) is 0 Å². The molecule has 0 aromatic carbocycles. The van der Waals surface area contributed by atoms with Crippen LogP contribution in [-0.2, 0) is 4.74 Å². The van der Waals surface area contributed by atoms with Gasteiger partial charge in [-0.15, -0.1) is 0 Å². The number of carbonyl (C=O) groups excluding carboxylic acids is 1. The molecule has 1 aliphatic carbocycles. The van der Waals surface area contributed by atoms with Crippen molar-refractivity contribution in [2.75, 3.05) is 24.7 Å². The molecular weight excluding hydrogens is 252 g/mol. The van der Waals surface area contributed by atoms with Crippen LogP contribution in [0.1, 0.15) is 29.4 Å². The lowest BCUT2D eigenvalue weighted by Crippen LogP contribution is -2.47. The third kappa shape index (κ3) is 2.73. The van der Waals surface area contributed by atoms with Crippen molar-refractivity contribution >= 4 is 28.2 Å². The normalized spacial score (nSPS) is 22.3. The van der Waals surface area contributed by atoms with Crippen LogP contribution in [0.2, 0.25) is 0 Å². The molecule has 0 bridgehead atoms. The third-order valence-corrected chi connectivity index (χ3v) is 3.98. The maximum Gasteiger partial charge on any atom is 0.265 e.